The van der Waals surface area contributed by atoms with Crippen LogP contribution >= 0.6 is 0 Å². The summed E-state index contributed by atoms with van der Waals surface area (Å²) in [5, 5.41) is 9.97. The number of aryl methyl sites for hydroxylation is 1. The first kappa shape index (κ1) is 15.8. The van der Waals surface area contributed by atoms with Gasteiger partial charge in [-0.3, -0.25) is 9.59 Å². The average Bonchev–Trinajstić information content (AvgIpc) is 3.09. The van der Waals surface area contributed by atoms with Gasteiger partial charge in [-0.2, -0.15) is 5.10 Å². The Morgan fingerprint density at radius 1 is 1.12 bits per heavy atom. The van der Waals surface area contributed by atoms with Gasteiger partial charge < -0.3 is 9.73 Å². The molecule has 2 heterocycles. The van der Waals surface area contributed by atoms with Crippen molar-refractivity contribution in [2.45, 2.75) is 6.92 Å². The lowest BCUT2D eigenvalue weighted by Crippen LogP contribution is -2.19. The van der Waals surface area contributed by atoms with E-state index < -0.39 is 5.91 Å². The number of oxazole rings is 1. The van der Waals surface area contributed by atoms with Gasteiger partial charge in [-0.15, -0.1) is 0 Å². The SMILES string of the molecule is Cc1cnc(-c2cccc(NC(=O)c3n[nH]c(=O)c4ccccc34)c2)o1. The van der Waals surface area contributed by atoms with Gasteiger partial charge in [-0.1, -0.05) is 24.3 Å². The van der Waals surface area contributed by atoms with Crippen LogP contribution in [-0.4, -0.2) is 21.1 Å². The summed E-state index contributed by atoms with van der Waals surface area (Å²) in [5.41, 5.74) is 1.13. The van der Waals surface area contributed by atoms with Crippen LogP contribution in [0.4, 0.5) is 5.69 Å². The molecular formula is C19H14N4O3. The molecule has 2 aromatic heterocycles. The predicted octanol–water partition coefficient (Wildman–Crippen LogP) is 3.14. The smallest absolute Gasteiger partial charge is 0.276 e. The molecule has 7 heteroatoms. The molecule has 4 aromatic rings. The Bertz CT molecular complexity index is 1180. The van der Waals surface area contributed by atoms with Gasteiger partial charge >= 0.3 is 0 Å². The molecule has 2 N–H and O–H groups in total. The molecule has 0 aliphatic carbocycles. The van der Waals surface area contributed by atoms with Crippen molar-refractivity contribution in [1.29, 1.82) is 0 Å². The second-order valence-corrected chi connectivity index (χ2v) is 5.76. The number of aromatic nitrogens is 3. The van der Waals surface area contributed by atoms with Crippen LogP contribution < -0.4 is 10.9 Å². The Balaban J connectivity index is 1.67. The molecule has 0 aliphatic rings. The Morgan fingerprint density at radius 2 is 1.92 bits per heavy atom. The van der Waals surface area contributed by atoms with Gasteiger partial charge in [-0.05, 0) is 31.2 Å². The molecule has 0 spiro atoms. The van der Waals surface area contributed by atoms with Gasteiger partial charge in [0.1, 0.15) is 5.76 Å². The number of rotatable bonds is 3. The number of H-pyrrole nitrogens is 1. The van der Waals surface area contributed by atoms with E-state index in [0.717, 1.165) is 5.56 Å². The van der Waals surface area contributed by atoms with Crippen molar-refractivity contribution >= 4 is 22.4 Å². The van der Waals surface area contributed by atoms with Crippen LogP contribution in [0.1, 0.15) is 16.2 Å². The van der Waals surface area contributed by atoms with Crippen molar-refractivity contribution in [1.82, 2.24) is 15.2 Å². The molecule has 2 aromatic carbocycles. The fourth-order valence-corrected chi connectivity index (χ4v) is 2.70. The normalized spacial score (nSPS) is 10.8. The van der Waals surface area contributed by atoms with Crippen molar-refractivity contribution in [3.05, 3.63) is 76.5 Å². The number of fused-ring (bicyclic) bond motifs is 1. The molecule has 1 amide bonds. The Hall–Kier alpha value is -3.74. The third-order valence-corrected chi connectivity index (χ3v) is 3.90. The van der Waals surface area contributed by atoms with Crippen LogP contribution in [-0.2, 0) is 0 Å². The van der Waals surface area contributed by atoms with E-state index in [1.807, 2.05) is 13.0 Å². The molecule has 0 unspecified atom stereocenters. The molecule has 128 valence electrons. The zero-order chi connectivity index (χ0) is 18.1. The van der Waals surface area contributed by atoms with Crippen molar-refractivity contribution in [2.24, 2.45) is 0 Å². The molecule has 0 bridgehead atoms. The van der Waals surface area contributed by atoms with Gasteiger partial charge in [0.2, 0.25) is 5.89 Å². The summed E-state index contributed by atoms with van der Waals surface area (Å²) >= 11 is 0. The van der Waals surface area contributed by atoms with E-state index in [9.17, 15) is 9.59 Å². The number of hydrogen-bond donors (Lipinski definition) is 2. The monoisotopic (exact) mass is 346 g/mol. The van der Waals surface area contributed by atoms with Gasteiger partial charge in [0.05, 0.1) is 11.6 Å². The molecule has 0 saturated heterocycles. The molecule has 0 radical (unpaired) electrons. The first-order valence-corrected chi connectivity index (χ1v) is 7.93. The van der Waals surface area contributed by atoms with E-state index in [0.29, 0.717) is 28.1 Å². The second-order valence-electron chi connectivity index (χ2n) is 5.76. The highest BCUT2D eigenvalue weighted by Crippen LogP contribution is 2.23. The van der Waals surface area contributed by atoms with E-state index in [4.69, 9.17) is 4.42 Å². The molecule has 0 aliphatic heterocycles. The lowest BCUT2D eigenvalue weighted by atomic mass is 10.1. The van der Waals surface area contributed by atoms with E-state index in [2.05, 4.69) is 20.5 Å². The minimum Gasteiger partial charge on any atom is -0.441 e. The average molecular weight is 346 g/mol. The summed E-state index contributed by atoms with van der Waals surface area (Å²) in [6.45, 7) is 1.81. The lowest BCUT2D eigenvalue weighted by Gasteiger charge is -2.07. The number of carbonyl (C=O) groups excluding carboxylic acids is 1. The van der Waals surface area contributed by atoms with Gasteiger partial charge in [0.25, 0.3) is 11.5 Å². The molecule has 26 heavy (non-hydrogen) atoms. The van der Waals surface area contributed by atoms with Crippen LogP contribution in [0.25, 0.3) is 22.2 Å². The first-order valence-electron chi connectivity index (χ1n) is 7.93. The van der Waals surface area contributed by atoms with E-state index in [1.54, 1.807) is 48.7 Å². The molecule has 0 saturated carbocycles. The third-order valence-electron chi connectivity index (χ3n) is 3.90. The summed E-state index contributed by atoms with van der Waals surface area (Å²) in [7, 11) is 0. The molecule has 0 fully saturated rings. The molecular weight excluding hydrogens is 332 g/mol. The van der Waals surface area contributed by atoms with Crippen molar-refractivity contribution in [3.8, 4) is 11.5 Å². The summed E-state index contributed by atoms with van der Waals surface area (Å²) in [6.07, 6.45) is 1.64. The number of anilines is 1. The quantitative estimate of drug-likeness (QED) is 0.593. The summed E-state index contributed by atoms with van der Waals surface area (Å²) in [4.78, 5) is 28.7. The van der Waals surface area contributed by atoms with Crippen LogP contribution in [0.15, 0.2) is 63.9 Å². The second kappa shape index (κ2) is 6.29. The van der Waals surface area contributed by atoms with Crippen molar-refractivity contribution in [3.63, 3.8) is 0 Å². The largest absolute Gasteiger partial charge is 0.441 e. The number of nitrogens with one attached hydrogen (secondary N) is 2. The summed E-state index contributed by atoms with van der Waals surface area (Å²) in [6, 6.07) is 14.0. The maximum Gasteiger partial charge on any atom is 0.276 e. The van der Waals surface area contributed by atoms with E-state index >= 15 is 0 Å². The van der Waals surface area contributed by atoms with Crippen molar-refractivity contribution in [2.75, 3.05) is 5.32 Å². The minimum atomic E-state index is -0.418. The number of benzene rings is 2. The first-order chi connectivity index (χ1) is 12.6. The predicted molar refractivity (Wildman–Crippen MR) is 97.0 cm³/mol. The fourth-order valence-electron chi connectivity index (χ4n) is 2.70. The van der Waals surface area contributed by atoms with Crippen LogP contribution in [0.5, 0.6) is 0 Å². The van der Waals surface area contributed by atoms with Gasteiger partial charge in [0, 0.05) is 16.6 Å². The Labute approximate surface area is 147 Å². The summed E-state index contributed by atoms with van der Waals surface area (Å²) < 4.78 is 5.51. The van der Waals surface area contributed by atoms with Gasteiger partial charge in [0.15, 0.2) is 5.69 Å². The topological polar surface area (TPSA) is 101 Å². The fraction of sp³-hybridized carbons (Fsp3) is 0.0526. The number of nitrogens with zero attached hydrogens (tertiary/aromatic N) is 2. The zero-order valence-electron chi connectivity index (χ0n) is 13.8. The molecule has 7 nitrogen and oxygen atoms in total. The zero-order valence-corrected chi connectivity index (χ0v) is 13.8. The number of hydrogen-bond acceptors (Lipinski definition) is 5. The molecule has 4 rings (SSSR count). The van der Waals surface area contributed by atoms with Crippen LogP contribution in [0, 0.1) is 6.92 Å². The summed E-state index contributed by atoms with van der Waals surface area (Å²) in [5.74, 6) is 0.766. The maximum absolute atomic E-state index is 12.7. The highest BCUT2D eigenvalue weighted by Gasteiger charge is 2.15. The van der Waals surface area contributed by atoms with Crippen LogP contribution in [0.2, 0.25) is 0 Å². The maximum atomic E-state index is 12.7. The number of aromatic amines is 1. The van der Waals surface area contributed by atoms with E-state index in [-0.39, 0.29) is 11.3 Å². The third kappa shape index (κ3) is 2.86. The Morgan fingerprint density at radius 3 is 2.69 bits per heavy atom. The Kier molecular flexibility index (Phi) is 3.81. The van der Waals surface area contributed by atoms with Gasteiger partial charge in [-0.25, -0.2) is 10.1 Å². The molecule has 0 atom stereocenters. The number of amides is 1. The van der Waals surface area contributed by atoms with Crippen LogP contribution in [0.3, 0.4) is 0 Å². The lowest BCUT2D eigenvalue weighted by molar-refractivity contribution is 0.102. The highest BCUT2D eigenvalue weighted by molar-refractivity contribution is 6.11. The van der Waals surface area contributed by atoms with Crippen molar-refractivity contribution < 1.29 is 9.21 Å². The van der Waals surface area contributed by atoms with E-state index in [1.165, 1.54) is 0 Å². The number of carbonyl (C=O) groups is 1. The highest BCUT2D eigenvalue weighted by atomic mass is 16.4. The standard InChI is InChI=1S/C19H14N4O3/c1-11-10-20-19(26-11)12-5-4-6-13(9-12)21-18(25)16-14-7-2-3-8-15(14)17(24)23-22-16/h2-10H,1H3,(H,21,25)(H,23,24). The minimum absolute atomic E-state index is 0.151.